The number of imide groups is 2. The summed E-state index contributed by atoms with van der Waals surface area (Å²) in [6.07, 6.45) is -2.18. The largest absolute Gasteiger partial charge is 0.491 e. The lowest BCUT2D eigenvalue weighted by molar-refractivity contribution is 0.0445. The molecule has 0 saturated heterocycles. The maximum Gasteiger partial charge on any atom is 0.261 e. The molecular formula is C28H24N2O8. The minimum Gasteiger partial charge on any atom is -0.491 e. The normalized spacial score (nSPS) is 15.9. The number of β-amino-alcohol motifs (C(OH)–C–C–N with tert-alkyl or cyclic N) is 2. The van der Waals surface area contributed by atoms with E-state index >= 15 is 0 Å². The van der Waals surface area contributed by atoms with E-state index in [0.717, 1.165) is 9.80 Å². The van der Waals surface area contributed by atoms with Gasteiger partial charge in [0, 0.05) is 0 Å². The van der Waals surface area contributed by atoms with E-state index in [4.69, 9.17) is 9.47 Å². The van der Waals surface area contributed by atoms with Crippen LogP contribution in [0.15, 0.2) is 72.8 Å². The summed E-state index contributed by atoms with van der Waals surface area (Å²) in [5.41, 5.74) is 1.26. The van der Waals surface area contributed by atoms with Crippen molar-refractivity contribution in [3.63, 3.8) is 0 Å². The lowest BCUT2D eigenvalue weighted by atomic mass is 10.1. The molecule has 194 valence electrons. The van der Waals surface area contributed by atoms with Crippen molar-refractivity contribution in [3.8, 4) is 11.5 Å². The van der Waals surface area contributed by atoms with Gasteiger partial charge in [-0.2, -0.15) is 0 Å². The standard InChI is InChI=1S/C28H24N2O8/c31-17(13-29-25(33)21-5-1-2-6-22(21)26(29)34)15-37-19-9-11-20(12-10-19)38-16-18(32)14-30-27(35)23-7-3-4-8-24(23)28(30)36/h1-12,17-18,31-32H,13-16H2. The van der Waals surface area contributed by atoms with Gasteiger partial charge in [0.15, 0.2) is 0 Å². The first-order valence-corrected chi connectivity index (χ1v) is 12.0. The summed E-state index contributed by atoms with van der Waals surface area (Å²) in [4.78, 5) is 51.7. The third kappa shape index (κ3) is 4.86. The highest BCUT2D eigenvalue weighted by molar-refractivity contribution is 6.22. The number of ether oxygens (including phenoxy) is 2. The number of nitrogens with zero attached hydrogens (tertiary/aromatic N) is 2. The van der Waals surface area contributed by atoms with Gasteiger partial charge in [0.25, 0.3) is 23.6 Å². The second-order valence-electron chi connectivity index (χ2n) is 8.93. The van der Waals surface area contributed by atoms with Gasteiger partial charge in [-0.3, -0.25) is 29.0 Å². The third-order valence-electron chi connectivity index (χ3n) is 6.25. The van der Waals surface area contributed by atoms with Gasteiger partial charge in [-0.25, -0.2) is 0 Å². The fraction of sp³-hybridized carbons (Fsp3) is 0.214. The molecule has 10 nitrogen and oxygen atoms in total. The Morgan fingerprint density at radius 3 is 1.11 bits per heavy atom. The van der Waals surface area contributed by atoms with Gasteiger partial charge in [-0.05, 0) is 48.5 Å². The molecule has 2 aliphatic heterocycles. The summed E-state index contributed by atoms with van der Waals surface area (Å²) in [6, 6.07) is 19.4. The summed E-state index contributed by atoms with van der Waals surface area (Å²) in [6.45, 7) is -0.684. The quantitative estimate of drug-likeness (QED) is 0.390. The van der Waals surface area contributed by atoms with E-state index in [-0.39, 0.29) is 26.3 Å². The average molecular weight is 517 g/mol. The Hall–Kier alpha value is -4.54. The minimum atomic E-state index is -1.09. The van der Waals surface area contributed by atoms with Crippen molar-refractivity contribution < 1.29 is 38.9 Å². The summed E-state index contributed by atoms with van der Waals surface area (Å²) >= 11 is 0. The first kappa shape index (κ1) is 25.1. The van der Waals surface area contributed by atoms with Crippen molar-refractivity contribution >= 4 is 23.6 Å². The summed E-state index contributed by atoms with van der Waals surface area (Å²) < 4.78 is 11.1. The number of carbonyl (C=O) groups is 4. The molecule has 2 heterocycles. The Morgan fingerprint density at radius 1 is 0.526 bits per heavy atom. The van der Waals surface area contributed by atoms with Crippen LogP contribution in [0.2, 0.25) is 0 Å². The number of hydrogen-bond donors (Lipinski definition) is 2. The van der Waals surface area contributed by atoms with Crippen LogP contribution < -0.4 is 9.47 Å². The number of rotatable bonds is 10. The number of aliphatic hydroxyl groups is 2. The van der Waals surface area contributed by atoms with Crippen LogP contribution in [0.1, 0.15) is 41.4 Å². The Labute approximate surface area is 217 Å². The third-order valence-corrected chi connectivity index (χ3v) is 6.25. The van der Waals surface area contributed by atoms with Gasteiger partial charge in [0.1, 0.15) is 36.9 Å². The Balaban J connectivity index is 1.07. The zero-order valence-electron chi connectivity index (χ0n) is 20.1. The molecule has 2 atom stereocenters. The van der Waals surface area contributed by atoms with Crippen LogP contribution in [-0.4, -0.2) is 82.2 Å². The van der Waals surface area contributed by atoms with E-state index in [1.807, 2.05) is 0 Å². The lowest BCUT2D eigenvalue weighted by Gasteiger charge is -2.19. The van der Waals surface area contributed by atoms with Crippen LogP contribution in [0.5, 0.6) is 11.5 Å². The first-order valence-electron chi connectivity index (χ1n) is 12.0. The molecule has 0 aromatic heterocycles. The van der Waals surface area contributed by atoms with Crippen molar-refractivity contribution in [1.82, 2.24) is 9.80 Å². The SMILES string of the molecule is O=C1c2ccccc2C(=O)N1CC(O)COc1ccc(OCC(O)CN2C(=O)c3ccccc3C2=O)cc1. The topological polar surface area (TPSA) is 134 Å². The molecule has 2 unspecified atom stereocenters. The molecule has 2 N–H and O–H groups in total. The maximum atomic E-state index is 12.4. The predicted molar refractivity (Wildman–Crippen MR) is 133 cm³/mol. The van der Waals surface area contributed by atoms with Crippen molar-refractivity contribution in [2.24, 2.45) is 0 Å². The van der Waals surface area contributed by atoms with Crippen molar-refractivity contribution in [3.05, 3.63) is 95.1 Å². The smallest absolute Gasteiger partial charge is 0.261 e. The molecule has 0 fully saturated rings. The summed E-state index contributed by atoms with van der Waals surface area (Å²) in [7, 11) is 0. The molecular weight excluding hydrogens is 492 g/mol. The van der Waals surface area contributed by atoms with E-state index < -0.39 is 35.8 Å². The Bertz CT molecular complexity index is 1230. The molecule has 10 heteroatoms. The molecule has 3 aromatic carbocycles. The monoisotopic (exact) mass is 516 g/mol. The summed E-state index contributed by atoms with van der Waals surface area (Å²) in [5, 5.41) is 20.6. The number of aliphatic hydroxyl groups excluding tert-OH is 2. The van der Waals surface area contributed by atoms with Crippen molar-refractivity contribution in [2.45, 2.75) is 12.2 Å². The molecule has 0 saturated carbocycles. The summed E-state index contributed by atoms with van der Waals surface area (Å²) in [5.74, 6) is -0.948. The Kier molecular flexibility index (Phi) is 6.91. The van der Waals surface area contributed by atoms with Crippen LogP contribution in [0.3, 0.4) is 0 Å². The molecule has 5 rings (SSSR count). The second kappa shape index (κ2) is 10.4. The molecule has 3 aromatic rings. The molecule has 38 heavy (non-hydrogen) atoms. The highest BCUT2D eigenvalue weighted by atomic mass is 16.5. The first-order chi connectivity index (χ1) is 18.3. The zero-order valence-corrected chi connectivity index (χ0v) is 20.1. The van der Waals surface area contributed by atoms with E-state index in [2.05, 4.69) is 0 Å². The van der Waals surface area contributed by atoms with E-state index in [1.165, 1.54) is 0 Å². The predicted octanol–water partition coefficient (Wildman–Crippen LogP) is 1.76. The number of amides is 4. The average Bonchev–Trinajstić information content (AvgIpc) is 3.32. The fourth-order valence-corrected chi connectivity index (χ4v) is 4.35. The number of carbonyl (C=O) groups excluding carboxylic acids is 4. The number of benzene rings is 3. The molecule has 0 spiro atoms. The fourth-order valence-electron chi connectivity index (χ4n) is 4.35. The van der Waals surface area contributed by atoms with Crippen molar-refractivity contribution in [1.29, 1.82) is 0 Å². The van der Waals surface area contributed by atoms with Gasteiger partial charge >= 0.3 is 0 Å². The van der Waals surface area contributed by atoms with Gasteiger partial charge in [-0.15, -0.1) is 0 Å². The van der Waals surface area contributed by atoms with E-state index in [0.29, 0.717) is 33.8 Å². The highest BCUT2D eigenvalue weighted by Gasteiger charge is 2.37. The Morgan fingerprint density at radius 2 is 0.816 bits per heavy atom. The molecule has 4 amide bonds. The molecule has 0 radical (unpaired) electrons. The van der Waals surface area contributed by atoms with Gasteiger partial charge in [0.2, 0.25) is 0 Å². The molecule has 2 aliphatic rings. The van der Waals surface area contributed by atoms with Gasteiger partial charge in [0.05, 0.1) is 35.3 Å². The minimum absolute atomic E-state index is 0.146. The number of fused-ring (bicyclic) bond motifs is 2. The molecule has 0 aliphatic carbocycles. The zero-order chi connectivity index (χ0) is 26.8. The highest BCUT2D eigenvalue weighted by Crippen LogP contribution is 2.24. The van der Waals surface area contributed by atoms with Gasteiger partial charge < -0.3 is 19.7 Å². The van der Waals surface area contributed by atoms with Crippen LogP contribution in [0.4, 0.5) is 0 Å². The van der Waals surface area contributed by atoms with Crippen molar-refractivity contribution in [2.75, 3.05) is 26.3 Å². The van der Waals surface area contributed by atoms with Crippen LogP contribution in [0.25, 0.3) is 0 Å². The van der Waals surface area contributed by atoms with Crippen LogP contribution in [0, 0.1) is 0 Å². The van der Waals surface area contributed by atoms with E-state index in [9.17, 15) is 29.4 Å². The van der Waals surface area contributed by atoms with Crippen LogP contribution >= 0.6 is 0 Å². The van der Waals surface area contributed by atoms with Crippen LogP contribution in [-0.2, 0) is 0 Å². The van der Waals surface area contributed by atoms with E-state index in [1.54, 1.807) is 72.8 Å². The lowest BCUT2D eigenvalue weighted by Crippen LogP contribution is -2.39. The molecule has 0 bridgehead atoms. The second-order valence-corrected chi connectivity index (χ2v) is 8.93. The number of hydrogen-bond acceptors (Lipinski definition) is 8. The maximum absolute atomic E-state index is 12.4. The van der Waals surface area contributed by atoms with Gasteiger partial charge in [-0.1, -0.05) is 24.3 Å².